The molecular weight excluding hydrogens is 190 g/mol. The van der Waals surface area contributed by atoms with Gasteiger partial charge in [0.05, 0.1) is 0 Å². The molecule has 0 aromatic rings. The van der Waals surface area contributed by atoms with Gasteiger partial charge in [0.25, 0.3) is 0 Å². The summed E-state index contributed by atoms with van der Waals surface area (Å²) in [5, 5.41) is 0.937. The van der Waals surface area contributed by atoms with Crippen molar-refractivity contribution in [1.82, 2.24) is 4.31 Å². The molecule has 2 atom stereocenters. The molecule has 0 bridgehead atoms. The fraction of sp³-hybridized carbons (Fsp3) is 1.00. The quantitative estimate of drug-likeness (QED) is 0.641. The van der Waals surface area contributed by atoms with E-state index in [-0.39, 0.29) is 0 Å². The molecule has 2 rings (SSSR count). The van der Waals surface area contributed by atoms with E-state index in [0.717, 1.165) is 17.3 Å². The van der Waals surface area contributed by atoms with Crippen molar-refractivity contribution in [2.24, 2.45) is 0 Å². The van der Waals surface area contributed by atoms with Crippen LogP contribution in [-0.2, 0) is 0 Å². The van der Waals surface area contributed by atoms with Crippen molar-refractivity contribution in [3.8, 4) is 0 Å². The van der Waals surface area contributed by atoms with E-state index in [2.05, 4.69) is 30.1 Å². The number of rotatable bonds is 2. The number of hydrogen-bond acceptors (Lipinski definition) is 2. The molecule has 2 unspecified atom stereocenters. The maximum Gasteiger partial charge on any atom is 0.0195 e. The van der Waals surface area contributed by atoms with E-state index in [0.29, 0.717) is 0 Å². The Bertz CT molecular complexity index is 167. The summed E-state index contributed by atoms with van der Waals surface area (Å²) >= 11 is 2.18. The lowest BCUT2D eigenvalue weighted by atomic mass is 10.0. The highest BCUT2D eigenvalue weighted by molar-refractivity contribution is 7.97. The fourth-order valence-electron chi connectivity index (χ4n) is 2.72. The summed E-state index contributed by atoms with van der Waals surface area (Å²) in [5.41, 5.74) is 0. The highest BCUT2D eigenvalue weighted by Crippen LogP contribution is 2.37. The third kappa shape index (κ3) is 2.46. The Morgan fingerprint density at radius 2 is 1.43 bits per heavy atom. The van der Waals surface area contributed by atoms with E-state index >= 15 is 0 Å². The highest BCUT2D eigenvalue weighted by Gasteiger charge is 2.30. The van der Waals surface area contributed by atoms with Crippen LogP contribution in [0, 0.1) is 0 Å². The molecule has 0 aromatic heterocycles. The van der Waals surface area contributed by atoms with Gasteiger partial charge in [-0.15, -0.1) is 0 Å². The van der Waals surface area contributed by atoms with E-state index < -0.39 is 0 Å². The third-order valence-electron chi connectivity index (χ3n) is 3.69. The van der Waals surface area contributed by atoms with Crippen LogP contribution in [-0.4, -0.2) is 21.6 Å². The van der Waals surface area contributed by atoms with Gasteiger partial charge >= 0.3 is 0 Å². The van der Waals surface area contributed by atoms with Gasteiger partial charge in [-0.05, 0) is 39.5 Å². The van der Waals surface area contributed by atoms with Gasteiger partial charge < -0.3 is 0 Å². The standard InChI is InChI=1S/C12H23NS/c1-10-8-9-11(2)13(10)14-12-6-4-3-5-7-12/h10-12H,3-9H2,1-2H3. The van der Waals surface area contributed by atoms with E-state index in [9.17, 15) is 0 Å². The minimum Gasteiger partial charge on any atom is -0.245 e. The Hall–Kier alpha value is 0.310. The lowest BCUT2D eigenvalue weighted by Crippen LogP contribution is -2.29. The Morgan fingerprint density at radius 3 is 2.00 bits per heavy atom. The van der Waals surface area contributed by atoms with Crippen molar-refractivity contribution in [3.05, 3.63) is 0 Å². The summed E-state index contributed by atoms with van der Waals surface area (Å²) in [4.78, 5) is 0. The molecule has 2 heteroatoms. The van der Waals surface area contributed by atoms with Crippen LogP contribution in [0.4, 0.5) is 0 Å². The van der Waals surface area contributed by atoms with E-state index in [4.69, 9.17) is 0 Å². The second-order valence-electron chi connectivity index (χ2n) is 5.00. The van der Waals surface area contributed by atoms with Crippen LogP contribution in [0.5, 0.6) is 0 Å². The molecule has 1 aliphatic heterocycles. The summed E-state index contributed by atoms with van der Waals surface area (Å²) in [6.45, 7) is 4.78. The van der Waals surface area contributed by atoms with Crippen molar-refractivity contribution in [2.75, 3.05) is 0 Å². The van der Waals surface area contributed by atoms with Crippen molar-refractivity contribution in [2.45, 2.75) is 76.1 Å². The summed E-state index contributed by atoms with van der Waals surface area (Å²) < 4.78 is 2.68. The SMILES string of the molecule is CC1CCC(C)N1SC1CCCCC1. The smallest absolute Gasteiger partial charge is 0.0195 e. The first kappa shape index (κ1) is 10.8. The first-order chi connectivity index (χ1) is 6.77. The molecule has 1 saturated carbocycles. The van der Waals surface area contributed by atoms with Crippen LogP contribution in [0.1, 0.15) is 58.8 Å². The van der Waals surface area contributed by atoms with E-state index in [1.165, 1.54) is 44.9 Å². The zero-order valence-corrected chi connectivity index (χ0v) is 10.4. The van der Waals surface area contributed by atoms with Crippen LogP contribution >= 0.6 is 11.9 Å². The predicted molar refractivity (Wildman–Crippen MR) is 64.5 cm³/mol. The normalized spacial score (nSPS) is 36.4. The topological polar surface area (TPSA) is 3.24 Å². The average molecular weight is 213 g/mol. The van der Waals surface area contributed by atoms with Crippen molar-refractivity contribution >= 4 is 11.9 Å². The van der Waals surface area contributed by atoms with Crippen LogP contribution in [0.15, 0.2) is 0 Å². The van der Waals surface area contributed by atoms with Gasteiger partial charge in [0, 0.05) is 17.3 Å². The van der Waals surface area contributed by atoms with E-state index in [1.807, 2.05) is 0 Å². The molecule has 0 radical (unpaired) electrons. The van der Waals surface area contributed by atoms with Gasteiger partial charge in [0.2, 0.25) is 0 Å². The maximum absolute atomic E-state index is 2.68. The van der Waals surface area contributed by atoms with Gasteiger partial charge in [-0.25, -0.2) is 4.31 Å². The van der Waals surface area contributed by atoms with Crippen molar-refractivity contribution in [1.29, 1.82) is 0 Å². The van der Waals surface area contributed by atoms with Gasteiger partial charge in [-0.1, -0.05) is 31.2 Å². The summed E-state index contributed by atoms with van der Waals surface area (Å²) in [6.07, 6.45) is 10.1. The molecule has 0 aromatic carbocycles. The lowest BCUT2D eigenvalue weighted by molar-refractivity contribution is 0.385. The molecule has 2 fully saturated rings. The minimum atomic E-state index is 0.817. The first-order valence-electron chi connectivity index (χ1n) is 6.22. The zero-order valence-electron chi connectivity index (χ0n) is 9.54. The van der Waals surface area contributed by atoms with Crippen LogP contribution in [0.3, 0.4) is 0 Å². The van der Waals surface area contributed by atoms with Gasteiger partial charge in [-0.2, -0.15) is 0 Å². The monoisotopic (exact) mass is 213 g/mol. The maximum atomic E-state index is 2.68. The molecule has 1 heterocycles. The fourth-order valence-corrected chi connectivity index (χ4v) is 4.24. The second-order valence-corrected chi connectivity index (χ2v) is 6.30. The molecule has 1 nitrogen and oxygen atoms in total. The first-order valence-corrected chi connectivity index (χ1v) is 7.06. The molecule has 2 aliphatic rings. The van der Waals surface area contributed by atoms with Gasteiger partial charge in [0.15, 0.2) is 0 Å². The Balaban J connectivity index is 1.82. The molecular formula is C12H23NS. The van der Waals surface area contributed by atoms with Gasteiger partial charge in [-0.3, -0.25) is 0 Å². The summed E-state index contributed by atoms with van der Waals surface area (Å²) in [7, 11) is 0. The Kier molecular flexibility index (Phi) is 3.78. The third-order valence-corrected chi connectivity index (χ3v) is 5.43. The molecule has 1 aliphatic carbocycles. The van der Waals surface area contributed by atoms with Crippen LogP contribution < -0.4 is 0 Å². The largest absolute Gasteiger partial charge is 0.245 e. The van der Waals surface area contributed by atoms with Gasteiger partial charge in [0.1, 0.15) is 0 Å². The predicted octanol–water partition coefficient (Wildman–Crippen LogP) is 3.84. The van der Waals surface area contributed by atoms with E-state index in [1.54, 1.807) is 0 Å². The number of hydrogen-bond donors (Lipinski definition) is 0. The van der Waals surface area contributed by atoms with Crippen LogP contribution in [0.25, 0.3) is 0 Å². The minimum absolute atomic E-state index is 0.817. The van der Waals surface area contributed by atoms with Crippen molar-refractivity contribution < 1.29 is 0 Å². The molecule has 82 valence electrons. The van der Waals surface area contributed by atoms with Crippen LogP contribution in [0.2, 0.25) is 0 Å². The summed E-state index contributed by atoms with van der Waals surface area (Å²) in [6, 6.07) is 1.63. The van der Waals surface area contributed by atoms with Crippen molar-refractivity contribution in [3.63, 3.8) is 0 Å². The Morgan fingerprint density at radius 1 is 0.857 bits per heavy atom. The molecule has 0 amide bonds. The zero-order chi connectivity index (χ0) is 9.97. The summed E-state index contributed by atoms with van der Waals surface area (Å²) in [5.74, 6) is 0. The highest BCUT2D eigenvalue weighted by atomic mass is 32.2. The number of nitrogens with zero attached hydrogens (tertiary/aromatic N) is 1. The molecule has 0 N–H and O–H groups in total. The molecule has 0 spiro atoms. The molecule has 14 heavy (non-hydrogen) atoms. The Labute approximate surface area is 92.8 Å². The average Bonchev–Trinajstić information content (AvgIpc) is 2.51. The second kappa shape index (κ2) is 4.89. The lowest BCUT2D eigenvalue weighted by Gasteiger charge is -2.31. The molecule has 1 saturated heterocycles.